The molecule has 0 saturated carbocycles. The second-order valence-electron chi connectivity index (χ2n) is 5.39. The van der Waals surface area contributed by atoms with E-state index in [1.54, 1.807) is 20.0 Å². The normalized spacial score (nSPS) is 10.4. The van der Waals surface area contributed by atoms with Crippen LogP contribution in [0.2, 0.25) is 0 Å². The maximum Gasteiger partial charge on any atom is 0.254 e. The summed E-state index contributed by atoms with van der Waals surface area (Å²) in [5, 5.41) is 5.90. The summed E-state index contributed by atoms with van der Waals surface area (Å²) in [6, 6.07) is 3.85. The summed E-state index contributed by atoms with van der Waals surface area (Å²) in [5.74, 6) is 1.11. The zero-order valence-electron chi connectivity index (χ0n) is 13.6. The fraction of sp³-hybridized carbons (Fsp3) is 0.375. The Labute approximate surface area is 134 Å². The van der Waals surface area contributed by atoms with Gasteiger partial charge in [-0.1, -0.05) is 0 Å². The molecule has 0 fully saturated rings. The maximum atomic E-state index is 11.9. The molecule has 0 atom stereocenters. The van der Waals surface area contributed by atoms with E-state index < -0.39 is 0 Å². The lowest BCUT2D eigenvalue weighted by Gasteiger charge is -2.08. The number of hydrogen-bond acceptors (Lipinski definition) is 5. The van der Waals surface area contributed by atoms with Gasteiger partial charge in [0.2, 0.25) is 5.91 Å². The van der Waals surface area contributed by atoms with Crippen molar-refractivity contribution in [2.24, 2.45) is 0 Å². The molecule has 0 saturated heterocycles. The second kappa shape index (κ2) is 7.53. The van der Waals surface area contributed by atoms with Gasteiger partial charge in [0.05, 0.1) is 6.42 Å². The zero-order valence-corrected chi connectivity index (χ0v) is 13.6. The molecule has 0 aliphatic rings. The summed E-state index contributed by atoms with van der Waals surface area (Å²) in [6.45, 7) is 6.44. The Morgan fingerprint density at radius 3 is 2.74 bits per heavy atom. The Hall–Kier alpha value is -2.70. The lowest BCUT2D eigenvalue weighted by Crippen LogP contribution is -2.32. The van der Waals surface area contributed by atoms with Crippen molar-refractivity contribution < 1.29 is 4.79 Å². The van der Waals surface area contributed by atoms with Gasteiger partial charge in [-0.3, -0.25) is 9.59 Å². The molecule has 0 aliphatic heterocycles. The number of aromatic amines is 1. The molecule has 2 aromatic rings. The molecule has 3 N–H and O–H groups in total. The van der Waals surface area contributed by atoms with Gasteiger partial charge in [0.25, 0.3) is 5.56 Å². The van der Waals surface area contributed by atoms with Crippen molar-refractivity contribution in [3.8, 4) is 0 Å². The minimum absolute atomic E-state index is 0.0249. The van der Waals surface area contributed by atoms with Gasteiger partial charge in [0.1, 0.15) is 11.6 Å². The standard InChI is InChI=1S/C16H21N5O2/c1-10-4-5-17-14(8-10)18-6-7-19-15(22)9-13-11(2)20-12(3)21-16(13)23/h4-5,8H,6-7,9H2,1-3H3,(H,17,18)(H,19,22)(H,20,21,23). The number of rotatable bonds is 6. The SMILES string of the molecule is Cc1ccnc(NCCNC(=O)Cc2c(C)nc(C)[nH]c2=O)c1. The Morgan fingerprint density at radius 2 is 2.04 bits per heavy atom. The van der Waals surface area contributed by atoms with Crippen LogP contribution in [0.5, 0.6) is 0 Å². The summed E-state index contributed by atoms with van der Waals surface area (Å²) in [4.78, 5) is 34.7. The molecule has 0 bridgehead atoms. The van der Waals surface area contributed by atoms with Crippen LogP contribution in [-0.4, -0.2) is 33.9 Å². The smallest absolute Gasteiger partial charge is 0.254 e. The van der Waals surface area contributed by atoms with Gasteiger partial charge in [0, 0.05) is 30.5 Å². The fourth-order valence-electron chi connectivity index (χ4n) is 2.21. The molecule has 0 unspecified atom stereocenters. The monoisotopic (exact) mass is 315 g/mol. The number of nitrogens with one attached hydrogen (secondary N) is 3. The molecule has 0 aliphatic carbocycles. The molecule has 7 heteroatoms. The Balaban J connectivity index is 1.81. The molecule has 23 heavy (non-hydrogen) atoms. The molecule has 1 amide bonds. The van der Waals surface area contributed by atoms with Gasteiger partial charge < -0.3 is 15.6 Å². The average Bonchev–Trinajstić information content (AvgIpc) is 2.47. The Bertz CT molecular complexity index is 754. The lowest BCUT2D eigenvalue weighted by atomic mass is 10.1. The minimum atomic E-state index is -0.257. The minimum Gasteiger partial charge on any atom is -0.368 e. The number of aromatic nitrogens is 3. The van der Waals surface area contributed by atoms with Gasteiger partial charge in [-0.25, -0.2) is 9.97 Å². The highest BCUT2D eigenvalue weighted by molar-refractivity contribution is 5.78. The van der Waals surface area contributed by atoms with E-state index in [1.165, 1.54) is 0 Å². The number of anilines is 1. The summed E-state index contributed by atoms with van der Waals surface area (Å²) in [7, 11) is 0. The summed E-state index contributed by atoms with van der Waals surface area (Å²) >= 11 is 0. The number of amides is 1. The molecule has 7 nitrogen and oxygen atoms in total. The molecular formula is C16H21N5O2. The Kier molecular flexibility index (Phi) is 5.46. The Morgan fingerprint density at radius 1 is 1.26 bits per heavy atom. The van der Waals surface area contributed by atoms with Crippen molar-refractivity contribution in [1.82, 2.24) is 20.3 Å². The summed E-state index contributed by atoms with van der Waals surface area (Å²) in [5.41, 5.74) is 1.85. The number of carbonyl (C=O) groups is 1. The van der Waals surface area contributed by atoms with Crippen LogP contribution in [0.3, 0.4) is 0 Å². The van der Waals surface area contributed by atoms with Crippen molar-refractivity contribution in [2.45, 2.75) is 27.2 Å². The van der Waals surface area contributed by atoms with Gasteiger partial charge >= 0.3 is 0 Å². The molecule has 0 radical (unpaired) electrons. The van der Waals surface area contributed by atoms with Crippen molar-refractivity contribution in [2.75, 3.05) is 18.4 Å². The molecular weight excluding hydrogens is 294 g/mol. The van der Waals surface area contributed by atoms with E-state index in [-0.39, 0.29) is 17.9 Å². The maximum absolute atomic E-state index is 11.9. The van der Waals surface area contributed by atoms with Gasteiger partial charge in [-0.15, -0.1) is 0 Å². The van der Waals surface area contributed by atoms with Crippen LogP contribution < -0.4 is 16.2 Å². The van der Waals surface area contributed by atoms with E-state index >= 15 is 0 Å². The van der Waals surface area contributed by atoms with Crippen LogP contribution in [-0.2, 0) is 11.2 Å². The third-order valence-corrected chi connectivity index (χ3v) is 3.35. The quantitative estimate of drug-likeness (QED) is 0.687. The molecule has 122 valence electrons. The van der Waals surface area contributed by atoms with E-state index in [4.69, 9.17) is 0 Å². The third kappa shape index (κ3) is 4.91. The third-order valence-electron chi connectivity index (χ3n) is 3.35. The van der Waals surface area contributed by atoms with E-state index in [2.05, 4.69) is 25.6 Å². The second-order valence-corrected chi connectivity index (χ2v) is 5.39. The van der Waals surface area contributed by atoms with Gasteiger partial charge in [-0.2, -0.15) is 0 Å². The molecule has 0 spiro atoms. The number of hydrogen-bond donors (Lipinski definition) is 3. The van der Waals surface area contributed by atoms with Crippen LogP contribution in [0.4, 0.5) is 5.82 Å². The highest BCUT2D eigenvalue weighted by Crippen LogP contribution is 2.04. The molecule has 0 aromatic carbocycles. The first-order valence-corrected chi connectivity index (χ1v) is 7.45. The highest BCUT2D eigenvalue weighted by Gasteiger charge is 2.11. The van der Waals surface area contributed by atoms with E-state index in [0.717, 1.165) is 11.4 Å². The van der Waals surface area contributed by atoms with Crippen molar-refractivity contribution in [3.63, 3.8) is 0 Å². The van der Waals surface area contributed by atoms with Crippen LogP contribution in [0.15, 0.2) is 23.1 Å². The first-order chi connectivity index (χ1) is 11.0. The van der Waals surface area contributed by atoms with Crippen LogP contribution in [0.25, 0.3) is 0 Å². The van der Waals surface area contributed by atoms with Crippen molar-refractivity contribution in [1.29, 1.82) is 0 Å². The predicted molar refractivity (Wildman–Crippen MR) is 88.5 cm³/mol. The predicted octanol–water partition coefficient (Wildman–Crippen LogP) is 0.861. The van der Waals surface area contributed by atoms with Crippen LogP contribution in [0, 0.1) is 20.8 Å². The topological polar surface area (TPSA) is 99.8 Å². The number of nitrogens with zero attached hydrogens (tertiary/aromatic N) is 2. The zero-order chi connectivity index (χ0) is 16.8. The van der Waals surface area contributed by atoms with Crippen molar-refractivity contribution in [3.05, 3.63) is 51.3 Å². The largest absolute Gasteiger partial charge is 0.368 e. The van der Waals surface area contributed by atoms with Gasteiger partial charge in [-0.05, 0) is 38.5 Å². The fourth-order valence-corrected chi connectivity index (χ4v) is 2.21. The van der Waals surface area contributed by atoms with E-state index in [1.807, 2.05) is 19.1 Å². The molecule has 2 aromatic heterocycles. The summed E-state index contributed by atoms with van der Waals surface area (Å²) < 4.78 is 0. The van der Waals surface area contributed by atoms with Crippen LogP contribution >= 0.6 is 0 Å². The molecule has 2 rings (SSSR count). The van der Waals surface area contributed by atoms with E-state index in [0.29, 0.717) is 30.2 Å². The van der Waals surface area contributed by atoms with Crippen molar-refractivity contribution >= 4 is 11.7 Å². The molecule has 2 heterocycles. The number of pyridine rings is 1. The lowest BCUT2D eigenvalue weighted by molar-refractivity contribution is -0.120. The first kappa shape index (κ1) is 16.7. The number of H-pyrrole nitrogens is 1. The summed E-state index contributed by atoms with van der Waals surface area (Å²) in [6.07, 6.45) is 1.76. The van der Waals surface area contributed by atoms with Crippen LogP contribution in [0.1, 0.15) is 22.6 Å². The highest BCUT2D eigenvalue weighted by atomic mass is 16.2. The number of aryl methyl sites for hydroxylation is 3. The number of carbonyl (C=O) groups excluding carboxylic acids is 1. The van der Waals surface area contributed by atoms with Gasteiger partial charge in [0.15, 0.2) is 0 Å². The van der Waals surface area contributed by atoms with E-state index in [9.17, 15) is 9.59 Å². The average molecular weight is 315 g/mol. The first-order valence-electron chi connectivity index (χ1n) is 7.45.